The van der Waals surface area contributed by atoms with E-state index in [0.717, 1.165) is 0 Å². The fourth-order valence-corrected chi connectivity index (χ4v) is 7.02. The SMILES string of the molecule is CO/C(CO[C@H]1O[C@H](C)[C@@H](OC)[C@H](OC)[C@@H]1O)=C1\O[C@@H](Oc2ccc(/C=C(\C)C(=O)N[C@H]3[C@@H](O)[C@H](n4cnc5c(N(C)C)ncnc54)O[C@@H]3CO)cc2)[C@@H](O)[C@@H]1O. The summed E-state index contributed by atoms with van der Waals surface area (Å²) in [6, 6.07) is 5.55. The number of methoxy groups -OCH3 is 3. The van der Waals surface area contributed by atoms with Crippen LogP contribution in [0.25, 0.3) is 17.2 Å². The van der Waals surface area contributed by atoms with E-state index in [2.05, 4.69) is 20.3 Å². The molecule has 3 aliphatic heterocycles. The summed E-state index contributed by atoms with van der Waals surface area (Å²) >= 11 is 0. The molecule has 6 rings (SSSR count). The first kappa shape index (κ1) is 42.1. The van der Waals surface area contributed by atoms with E-state index in [1.807, 2.05) is 14.1 Å². The molecule has 1 amide bonds. The molecule has 6 N–H and O–H groups in total. The van der Waals surface area contributed by atoms with Gasteiger partial charge in [0, 0.05) is 33.9 Å². The van der Waals surface area contributed by atoms with Gasteiger partial charge in [-0.15, -0.1) is 0 Å². The molecule has 1 aromatic carbocycles. The minimum atomic E-state index is -1.52. The molecule has 0 aliphatic carbocycles. The fourth-order valence-electron chi connectivity index (χ4n) is 7.02. The summed E-state index contributed by atoms with van der Waals surface area (Å²) in [5, 5.41) is 56.5. The van der Waals surface area contributed by atoms with Crippen LogP contribution in [0, 0.1) is 0 Å². The molecule has 20 nitrogen and oxygen atoms in total. The molecule has 3 aliphatic rings. The average molecular weight is 803 g/mol. The normalized spacial score (nSPS) is 32.6. The van der Waals surface area contributed by atoms with E-state index >= 15 is 0 Å². The van der Waals surface area contributed by atoms with Crippen molar-refractivity contribution in [3.05, 3.63) is 59.6 Å². The molecule has 3 aromatic rings. The summed E-state index contributed by atoms with van der Waals surface area (Å²) in [6.07, 6.45) is -7.09. The Balaban J connectivity index is 1.06. The third kappa shape index (κ3) is 8.56. The first-order valence-electron chi connectivity index (χ1n) is 18.2. The van der Waals surface area contributed by atoms with Crippen LogP contribution in [0.5, 0.6) is 5.75 Å². The van der Waals surface area contributed by atoms with Gasteiger partial charge in [0.2, 0.25) is 5.91 Å². The number of nitrogens with zero attached hydrogens (tertiary/aromatic N) is 5. The smallest absolute Gasteiger partial charge is 0.269 e. The molecule has 0 spiro atoms. The highest BCUT2D eigenvalue weighted by molar-refractivity contribution is 5.97. The van der Waals surface area contributed by atoms with E-state index in [1.54, 1.807) is 53.7 Å². The largest absolute Gasteiger partial charge is 0.495 e. The maximum Gasteiger partial charge on any atom is 0.269 e. The Morgan fingerprint density at radius 1 is 0.965 bits per heavy atom. The maximum atomic E-state index is 13.3. The third-order valence-electron chi connectivity index (χ3n) is 10.1. The Kier molecular flexibility index (Phi) is 13.3. The van der Waals surface area contributed by atoms with E-state index in [9.17, 15) is 30.3 Å². The molecule has 2 aromatic heterocycles. The van der Waals surface area contributed by atoms with Gasteiger partial charge < -0.3 is 73.6 Å². The van der Waals surface area contributed by atoms with E-state index in [4.69, 9.17) is 37.9 Å². The van der Waals surface area contributed by atoms with Crippen LogP contribution >= 0.6 is 0 Å². The molecule has 5 heterocycles. The number of anilines is 1. The Hall–Kier alpha value is -4.48. The Morgan fingerprint density at radius 3 is 2.33 bits per heavy atom. The lowest BCUT2D eigenvalue weighted by atomic mass is 9.99. The number of carbonyl (C=O) groups excluding carboxylic acids is 1. The van der Waals surface area contributed by atoms with Gasteiger partial charge in [0.05, 0.1) is 32.2 Å². The Morgan fingerprint density at radius 2 is 1.68 bits per heavy atom. The molecular formula is C37H50N6O14. The topological polar surface area (TPSA) is 251 Å². The van der Waals surface area contributed by atoms with Crippen molar-refractivity contribution >= 4 is 29.0 Å². The number of aliphatic hydroxyl groups is 5. The number of amides is 1. The average Bonchev–Trinajstić information content (AvgIpc) is 3.85. The first-order chi connectivity index (χ1) is 27.3. The molecule has 3 saturated heterocycles. The van der Waals surface area contributed by atoms with Crippen LogP contribution in [0.2, 0.25) is 0 Å². The van der Waals surface area contributed by atoms with Crippen molar-refractivity contribution in [1.82, 2.24) is 24.8 Å². The molecule has 20 heteroatoms. The van der Waals surface area contributed by atoms with Crippen molar-refractivity contribution in [2.75, 3.05) is 53.5 Å². The predicted octanol–water partition coefficient (Wildman–Crippen LogP) is -0.802. The number of hydrogen-bond acceptors (Lipinski definition) is 18. The lowest BCUT2D eigenvalue weighted by molar-refractivity contribution is -0.299. The summed E-state index contributed by atoms with van der Waals surface area (Å²) in [6.45, 7) is 2.60. The summed E-state index contributed by atoms with van der Waals surface area (Å²) in [4.78, 5) is 28.1. The van der Waals surface area contributed by atoms with Gasteiger partial charge in [0.15, 0.2) is 47.1 Å². The fraction of sp³-hybridized carbons (Fsp3) is 0.568. The van der Waals surface area contributed by atoms with Crippen LogP contribution in [0.1, 0.15) is 25.6 Å². The molecule has 12 atom stereocenters. The zero-order valence-electron chi connectivity index (χ0n) is 32.5. The number of rotatable bonds is 14. The number of benzene rings is 1. The van der Waals surface area contributed by atoms with Crippen LogP contribution in [0.4, 0.5) is 5.82 Å². The van der Waals surface area contributed by atoms with Crippen molar-refractivity contribution in [3.8, 4) is 5.75 Å². The number of aromatic nitrogens is 4. The summed E-state index contributed by atoms with van der Waals surface area (Å²) in [7, 11) is 7.90. The standard InChI is InChI=1S/C37H50N6O14/c1-17(34(49)41-23-21(13-44)56-35(25(23)45)43-16-40-24-32(42(3)4)38-15-39-33(24)43)12-19-8-10-20(11-9-19)55-37-27(47)26(46)30(57-37)22(50-5)14-53-36-28(48)31(52-7)29(51-6)18(2)54-36/h8-12,15-16,18,21,23,25-29,31,35-37,44-48H,13-14H2,1-7H3,(H,41,49)/b17-12+,30-22-/t18-,21-,23-,25-,26+,27+,28+,29-,31-,35-,36+,37-/m1/s1. The number of nitrogens with one attached hydrogen (secondary N) is 1. The monoisotopic (exact) mass is 802 g/mol. The number of carbonyl (C=O) groups is 1. The van der Waals surface area contributed by atoms with Gasteiger partial charge >= 0.3 is 0 Å². The molecule has 3 fully saturated rings. The number of hydrogen-bond donors (Lipinski definition) is 6. The molecule has 57 heavy (non-hydrogen) atoms. The Labute approximate surface area is 328 Å². The minimum Gasteiger partial charge on any atom is -0.495 e. The lowest BCUT2D eigenvalue weighted by Gasteiger charge is -2.42. The van der Waals surface area contributed by atoms with Crippen LogP contribution in [-0.4, -0.2) is 167 Å². The Bertz CT molecular complexity index is 1910. The summed E-state index contributed by atoms with van der Waals surface area (Å²) in [5.41, 5.74) is 1.84. The van der Waals surface area contributed by atoms with Crippen molar-refractivity contribution in [2.24, 2.45) is 0 Å². The van der Waals surface area contributed by atoms with Gasteiger partial charge in [0.1, 0.15) is 55.3 Å². The van der Waals surface area contributed by atoms with E-state index in [0.29, 0.717) is 28.1 Å². The highest BCUT2D eigenvalue weighted by Crippen LogP contribution is 2.34. The zero-order chi connectivity index (χ0) is 41.1. The highest BCUT2D eigenvalue weighted by Gasteiger charge is 2.48. The van der Waals surface area contributed by atoms with Gasteiger partial charge in [-0.25, -0.2) is 15.0 Å². The van der Waals surface area contributed by atoms with Gasteiger partial charge in [-0.2, -0.15) is 0 Å². The maximum absolute atomic E-state index is 13.3. The molecular weight excluding hydrogens is 752 g/mol. The second-order valence-electron chi connectivity index (χ2n) is 14.0. The second-order valence-corrected chi connectivity index (χ2v) is 14.0. The van der Waals surface area contributed by atoms with Crippen LogP contribution in [0.3, 0.4) is 0 Å². The zero-order valence-corrected chi connectivity index (χ0v) is 32.5. The summed E-state index contributed by atoms with van der Waals surface area (Å²) < 4.78 is 46.9. The molecule has 0 bridgehead atoms. The number of imidazole rings is 1. The number of aliphatic hydroxyl groups excluding tert-OH is 5. The van der Waals surface area contributed by atoms with Gasteiger partial charge in [-0.05, 0) is 37.6 Å². The van der Waals surface area contributed by atoms with Crippen molar-refractivity contribution in [1.29, 1.82) is 0 Å². The van der Waals surface area contributed by atoms with Crippen LogP contribution in [-0.2, 0) is 38.0 Å². The lowest BCUT2D eigenvalue weighted by Crippen LogP contribution is -2.58. The molecule has 312 valence electrons. The quantitative estimate of drug-likeness (QED) is 0.0862. The van der Waals surface area contributed by atoms with Gasteiger partial charge in [0.25, 0.3) is 6.29 Å². The van der Waals surface area contributed by atoms with Crippen molar-refractivity contribution in [2.45, 2.75) is 87.5 Å². The van der Waals surface area contributed by atoms with Crippen LogP contribution in [0.15, 0.2) is 54.0 Å². The van der Waals surface area contributed by atoms with E-state index < -0.39 is 86.2 Å². The third-order valence-corrected chi connectivity index (χ3v) is 10.1. The predicted molar refractivity (Wildman–Crippen MR) is 198 cm³/mol. The minimum absolute atomic E-state index is 0.0362. The molecule has 0 saturated carbocycles. The second kappa shape index (κ2) is 18.0. The van der Waals surface area contributed by atoms with Crippen LogP contribution < -0.4 is 15.0 Å². The highest BCUT2D eigenvalue weighted by atomic mass is 16.7. The number of fused-ring (bicyclic) bond motifs is 1. The number of ether oxygens (including phenoxy) is 8. The van der Waals surface area contributed by atoms with Gasteiger partial charge in [-0.3, -0.25) is 9.36 Å². The summed E-state index contributed by atoms with van der Waals surface area (Å²) in [5.74, 6) is 0.278. The first-order valence-corrected chi connectivity index (χ1v) is 18.2. The van der Waals surface area contributed by atoms with Gasteiger partial charge in [-0.1, -0.05) is 12.1 Å². The molecule has 0 radical (unpaired) electrons. The van der Waals surface area contributed by atoms with E-state index in [-0.39, 0.29) is 23.9 Å². The van der Waals surface area contributed by atoms with Crippen molar-refractivity contribution in [3.63, 3.8) is 0 Å². The van der Waals surface area contributed by atoms with E-state index in [1.165, 1.54) is 34.0 Å². The molecule has 0 unspecified atom stereocenters. The van der Waals surface area contributed by atoms with Crippen molar-refractivity contribution < 1.29 is 68.2 Å².